The third-order valence-corrected chi connectivity index (χ3v) is 5.96. The molecule has 2 saturated carbocycles. The summed E-state index contributed by atoms with van der Waals surface area (Å²) in [5, 5.41) is 3.34. The monoisotopic (exact) mass is 330 g/mol. The SMILES string of the molecule is COc1cc(C2(C(=O)NC3CCC(N)CC3)CCCC2)ccc1C. The molecule has 3 N–H and O–H groups in total. The first-order valence-corrected chi connectivity index (χ1v) is 9.27. The van der Waals surface area contributed by atoms with Crippen LogP contribution in [0.4, 0.5) is 0 Å². The van der Waals surface area contributed by atoms with Crippen molar-refractivity contribution in [3.8, 4) is 5.75 Å². The number of amides is 1. The van der Waals surface area contributed by atoms with Crippen LogP contribution in [0.5, 0.6) is 5.75 Å². The highest BCUT2D eigenvalue weighted by Crippen LogP contribution is 2.43. The molecule has 4 nitrogen and oxygen atoms in total. The summed E-state index contributed by atoms with van der Waals surface area (Å²) in [6.07, 6.45) is 8.10. The third-order valence-electron chi connectivity index (χ3n) is 5.96. The Hall–Kier alpha value is -1.55. The second kappa shape index (κ2) is 7.14. The van der Waals surface area contributed by atoms with Gasteiger partial charge in [-0.15, -0.1) is 0 Å². The molecule has 0 radical (unpaired) electrons. The topological polar surface area (TPSA) is 64.3 Å². The zero-order chi connectivity index (χ0) is 17.2. The maximum atomic E-state index is 13.2. The lowest BCUT2D eigenvalue weighted by Gasteiger charge is -2.33. The number of methoxy groups -OCH3 is 1. The average Bonchev–Trinajstić information content (AvgIpc) is 3.08. The maximum Gasteiger partial charge on any atom is 0.230 e. The molecule has 132 valence electrons. The molecule has 2 aliphatic rings. The first kappa shape index (κ1) is 17.3. The molecule has 1 amide bonds. The first-order valence-electron chi connectivity index (χ1n) is 9.27. The van der Waals surface area contributed by atoms with Crippen molar-refractivity contribution >= 4 is 5.91 Å². The van der Waals surface area contributed by atoms with Crippen LogP contribution in [-0.4, -0.2) is 25.1 Å². The van der Waals surface area contributed by atoms with Gasteiger partial charge in [0.25, 0.3) is 0 Å². The van der Waals surface area contributed by atoms with Gasteiger partial charge < -0.3 is 15.8 Å². The van der Waals surface area contributed by atoms with Crippen LogP contribution in [0, 0.1) is 6.92 Å². The number of hydrogen-bond acceptors (Lipinski definition) is 3. The summed E-state index contributed by atoms with van der Waals surface area (Å²) in [6, 6.07) is 6.83. The lowest BCUT2D eigenvalue weighted by molar-refractivity contribution is -0.127. The Balaban J connectivity index is 1.81. The minimum Gasteiger partial charge on any atom is -0.496 e. The number of aryl methyl sites for hydroxylation is 1. The first-order chi connectivity index (χ1) is 11.5. The van der Waals surface area contributed by atoms with Crippen LogP contribution in [0.3, 0.4) is 0 Å². The van der Waals surface area contributed by atoms with E-state index >= 15 is 0 Å². The van der Waals surface area contributed by atoms with E-state index in [1.54, 1.807) is 7.11 Å². The normalized spacial score (nSPS) is 26.1. The van der Waals surface area contributed by atoms with Crippen molar-refractivity contribution in [2.24, 2.45) is 5.73 Å². The molecule has 1 aromatic carbocycles. The van der Waals surface area contributed by atoms with Gasteiger partial charge in [0.2, 0.25) is 5.91 Å². The Morgan fingerprint density at radius 3 is 2.50 bits per heavy atom. The van der Waals surface area contributed by atoms with Crippen molar-refractivity contribution in [2.45, 2.75) is 75.8 Å². The highest BCUT2D eigenvalue weighted by molar-refractivity contribution is 5.89. The molecular formula is C20H30N2O2. The minimum atomic E-state index is -0.388. The van der Waals surface area contributed by atoms with Crippen LogP contribution in [0.25, 0.3) is 0 Å². The summed E-state index contributed by atoms with van der Waals surface area (Å²) >= 11 is 0. The van der Waals surface area contributed by atoms with Gasteiger partial charge in [-0.3, -0.25) is 4.79 Å². The van der Waals surface area contributed by atoms with E-state index in [1.165, 1.54) is 0 Å². The number of nitrogens with two attached hydrogens (primary N) is 1. The summed E-state index contributed by atoms with van der Waals surface area (Å²) in [5.74, 6) is 1.07. The lowest BCUT2D eigenvalue weighted by atomic mass is 9.77. The number of nitrogens with one attached hydrogen (secondary N) is 1. The van der Waals surface area contributed by atoms with Crippen LogP contribution >= 0.6 is 0 Å². The molecule has 2 aliphatic carbocycles. The number of ether oxygens (including phenoxy) is 1. The Kier molecular flexibility index (Phi) is 5.14. The predicted molar refractivity (Wildman–Crippen MR) is 96.3 cm³/mol. The van der Waals surface area contributed by atoms with Gasteiger partial charge in [-0.05, 0) is 62.6 Å². The van der Waals surface area contributed by atoms with Crippen molar-refractivity contribution in [2.75, 3.05) is 7.11 Å². The van der Waals surface area contributed by atoms with E-state index in [0.717, 1.165) is 68.2 Å². The summed E-state index contributed by atoms with van der Waals surface area (Å²) in [7, 11) is 1.69. The maximum absolute atomic E-state index is 13.2. The molecule has 1 aromatic rings. The number of carbonyl (C=O) groups excluding carboxylic acids is 1. The van der Waals surface area contributed by atoms with Crippen molar-refractivity contribution < 1.29 is 9.53 Å². The van der Waals surface area contributed by atoms with Gasteiger partial charge in [0, 0.05) is 12.1 Å². The van der Waals surface area contributed by atoms with Gasteiger partial charge in [-0.2, -0.15) is 0 Å². The molecule has 0 atom stereocenters. The van der Waals surface area contributed by atoms with Crippen LogP contribution in [0.1, 0.15) is 62.5 Å². The van der Waals surface area contributed by atoms with Gasteiger partial charge in [-0.25, -0.2) is 0 Å². The second-order valence-corrected chi connectivity index (χ2v) is 7.56. The Morgan fingerprint density at radius 1 is 1.21 bits per heavy atom. The molecule has 0 aliphatic heterocycles. The third kappa shape index (κ3) is 3.30. The van der Waals surface area contributed by atoms with E-state index in [4.69, 9.17) is 10.5 Å². The van der Waals surface area contributed by atoms with Gasteiger partial charge >= 0.3 is 0 Å². The number of hydrogen-bond donors (Lipinski definition) is 2. The highest BCUT2D eigenvalue weighted by atomic mass is 16.5. The molecule has 3 rings (SSSR count). The van der Waals surface area contributed by atoms with E-state index in [0.29, 0.717) is 6.04 Å². The molecule has 24 heavy (non-hydrogen) atoms. The Bertz CT molecular complexity index is 585. The second-order valence-electron chi connectivity index (χ2n) is 7.56. The molecule has 2 fully saturated rings. The van der Waals surface area contributed by atoms with Crippen molar-refractivity contribution in [1.82, 2.24) is 5.32 Å². The van der Waals surface area contributed by atoms with Gasteiger partial charge in [0.1, 0.15) is 5.75 Å². The van der Waals surface area contributed by atoms with E-state index in [-0.39, 0.29) is 17.4 Å². The molecular weight excluding hydrogens is 300 g/mol. The van der Waals surface area contributed by atoms with Crippen LogP contribution in [0.15, 0.2) is 18.2 Å². The minimum absolute atomic E-state index is 0.200. The zero-order valence-corrected chi connectivity index (χ0v) is 14.9. The van der Waals surface area contributed by atoms with Gasteiger partial charge in [0.05, 0.1) is 12.5 Å². The molecule has 0 spiro atoms. The van der Waals surface area contributed by atoms with Gasteiger partial charge in [0.15, 0.2) is 0 Å². The smallest absolute Gasteiger partial charge is 0.230 e. The van der Waals surface area contributed by atoms with Crippen LogP contribution in [-0.2, 0) is 10.2 Å². The number of benzene rings is 1. The summed E-state index contributed by atoms with van der Waals surface area (Å²) in [5.41, 5.74) is 7.81. The lowest BCUT2D eigenvalue weighted by Crippen LogP contribution is -2.48. The van der Waals surface area contributed by atoms with Crippen LogP contribution < -0.4 is 15.8 Å². The van der Waals surface area contributed by atoms with Crippen molar-refractivity contribution in [1.29, 1.82) is 0 Å². The zero-order valence-electron chi connectivity index (χ0n) is 14.9. The Morgan fingerprint density at radius 2 is 1.88 bits per heavy atom. The van der Waals surface area contributed by atoms with Crippen molar-refractivity contribution in [3.63, 3.8) is 0 Å². The average molecular weight is 330 g/mol. The highest BCUT2D eigenvalue weighted by Gasteiger charge is 2.43. The fraction of sp³-hybridized carbons (Fsp3) is 0.650. The van der Waals surface area contributed by atoms with Gasteiger partial charge in [-0.1, -0.05) is 25.0 Å². The van der Waals surface area contributed by atoms with E-state index in [2.05, 4.69) is 23.5 Å². The number of rotatable bonds is 4. The van der Waals surface area contributed by atoms with E-state index in [1.807, 2.05) is 6.92 Å². The quantitative estimate of drug-likeness (QED) is 0.891. The fourth-order valence-electron chi connectivity index (χ4n) is 4.33. The molecule has 0 aromatic heterocycles. The fourth-order valence-corrected chi connectivity index (χ4v) is 4.33. The molecule has 0 bridgehead atoms. The Labute approximate surface area is 145 Å². The molecule has 4 heteroatoms. The molecule has 0 saturated heterocycles. The number of carbonyl (C=O) groups is 1. The summed E-state index contributed by atoms with van der Waals surface area (Å²) in [4.78, 5) is 13.2. The summed E-state index contributed by atoms with van der Waals surface area (Å²) in [6.45, 7) is 2.04. The summed E-state index contributed by atoms with van der Waals surface area (Å²) < 4.78 is 5.49. The predicted octanol–water partition coefficient (Wildman–Crippen LogP) is 3.20. The standard InChI is InChI=1S/C20H30N2O2/c1-14-5-6-15(13-18(14)24-2)20(11-3-4-12-20)19(23)22-17-9-7-16(21)8-10-17/h5-6,13,16-17H,3-4,7-12,21H2,1-2H3,(H,22,23). The molecule has 0 unspecified atom stereocenters. The van der Waals surface area contributed by atoms with Crippen LogP contribution in [0.2, 0.25) is 0 Å². The van der Waals surface area contributed by atoms with E-state index in [9.17, 15) is 4.79 Å². The largest absolute Gasteiger partial charge is 0.496 e. The van der Waals surface area contributed by atoms with E-state index < -0.39 is 0 Å². The van der Waals surface area contributed by atoms with Crippen molar-refractivity contribution in [3.05, 3.63) is 29.3 Å². The molecule has 0 heterocycles.